The predicted molar refractivity (Wildman–Crippen MR) is 50.5 cm³/mol. The minimum Gasteiger partial charge on any atom is -0.399 e. The van der Waals surface area contributed by atoms with Crippen molar-refractivity contribution in [2.24, 2.45) is 0 Å². The monoisotopic (exact) mass is 215 g/mol. The Bertz CT molecular complexity index is 377. The molecule has 14 heavy (non-hydrogen) atoms. The molecule has 0 aliphatic carbocycles. The summed E-state index contributed by atoms with van der Waals surface area (Å²) in [6, 6.07) is 6.90. The van der Waals surface area contributed by atoms with Crippen molar-refractivity contribution in [3.63, 3.8) is 0 Å². The second kappa shape index (κ2) is 3.37. The van der Waals surface area contributed by atoms with Crippen molar-refractivity contribution in [3.05, 3.63) is 29.8 Å². The number of nitrogens with two attached hydrogens (primary N) is 1. The number of nitrogen functional groups attached to an aromatic ring is 1. The molecule has 2 atom stereocenters. The van der Waals surface area contributed by atoms with Crippen molar-refractivity contribution in [1.82, 2.24) is 0 Å². The molecule has 1 fully saturated rings. The van der Waals surface area contributed by atoms with Crippen molar-refractivity contribution in [2.75, 3.05) is 12.3 Å². The van der Waals surface area contributed by atoms with Gasteiger partial charge >= 0.3 is 7.82 Å². The number of phosphoric ester groups is 1. The highest BCUT2D eigenvalue weighted by Crippen LogP contribution is 2.54. The first-order valence-electron chi connectivity index (χ1n) is 4.08. The van der Waals surface area contributed by atoms with Crippen LogP contribution in [-0.2, 0) is 13.6 Å². The zero-order valence-corrected chi connectivity index (χ0v) is 8.18. The van der Waals surface area contributed by atoms with Crippen LogP contribution < -0.4 is 5.73 Å². The van der Waals surface area contributed by atoms with Crippen LogP contribution in [0.5, 0.6) is 0 Å². The van der Waals surface area contributed by atoms with Gasteiger partial charge in [-0.05, 0) is 17.7 Å². The van der Waals surface area contributed by atoms with Crippen LogP contribution in [0.15, 0.2) is 24.3 Å². The zero-order valence-electron chi connectivity index (χ0n) is 7.29. The van der Waals surface area contributed by atoms with E-state index in [4.69, 9.17) is 15.2 Å². The average Bonchev–Trinajstić information content (AvgIpc) is 2.47. The number of hydrogen-bond acceptors (Lipinski definition) is 4. The molecule has 6 heteroatoms. The van der Waals surface area contributed by atoms with Crippen molar-refractivity contribution in [3.8, 4) is 0 Å². The van der Waals surface area contributed by atoms with Gasteiger partial charge in [-0.1, -0.05) is 12.1 Å². The summed E-state index contributed by atoms with van der Waals surface area (Å²) < 4.78 is 20.4. The van der Waals surface area contributed by atoms with Gasteiger partial charge in [0.25, 0.3) is 0 Å². The molecule has 0 aromatic heterocycles. The van der Waals surface area contributed by atoms with Gasteiger partial charge in [-0.15, -0.1) is 0 Å². The lowest BCUT2D eigenvalue weighted by atomic mass is 10.1. The maximum Gasteiger partial charge on any atom is 0.472 e. The SMILES string of the molecule is Nc1ccc(C2COP(=O)(O)O2)cc1. The van der Waals surface area contributed by atoms with Crippen LogP contribution in [-0.4, -0.2) is 11.5 Å². The molecule has 0 bridgehead atoms. The molecule has 0 spiro atoms. The van der Waals surface area contributed by atoms with E-state index >= 15 is 0 Å². The van der Waals surface area contributed by atoms with Crippen LogP contribution in [0.25, 0.3) is 0 Å². The Morgan fingerprint density at radius 3 is 2.57 bits per heavy atom. The van der Waals surface area contributed by atoms with Crippen LogP contribution in [0.4, 0.5) is 5.69 Å². The van der Waals surface area contributed by atoms with E-state index in [1.807, 2.05) is 0 Å². The first kappa shape index (κ1) is 9.68. The molecule has 1 aliphatic rings. The molecule has 1 aliphatic heterocycles. The second-order valence-electron chi connectivity index (χ2n) is 3.03. The fraction of sp³-hybridized carbons (Fsp3) is 0.250. The third-order valence-corrected chi connectivity index (χ3v) is 2.95. The topological polar surface area (TPSA) is 81.8 Å². The Kier molecular flexibility index (Phi) is 2.33. The molecule has 0 amide bonds. The van der Waals surface area contributed by atoms with Gasteiger partial charge in [0.15, 0.2) is 0 Å². The van der Waals surface area contributed by atoms with Crippen molar-refractivity contribution in [2.45, 2.75) is 6.10 Å². The van der Waals surface area contributed by atoms with Gasteiger partial charge in [0.05, 0.1) is 6.61 Å². The van der Waals surface area contributed by atoms with Crippen LogP contribution in [0.2, 0.25) is 0 Å². The van der Waals surface area contributed by atoms with Crippen LogP contribution in [0, 0.1) is 0 Å². The fourth-order valence-electron chi connectivity index (χ4n) is 1.25. The summed E-state index contributed by atoms with van der Waals surface area (Å²) in [4.78, 5) is 8.97. The van der Waals surface area contributed by atoms with Gasteiger partial charge in [-0.25, -0.2) is 4.57 Å². The summed E-state index contributed by atoms with van der Waals surface area (Å²) in [6.07, 6.45) is -0.480. The normalized spacial score (nSPS) is 31.9. The second-order valence-corrected chi connectivity index (χ2v) is 4.43. The van der Waals surface area contributed by atoms with Crippen molar-refractivity contribution in [1.29, 1.82) is 0 Å². The molecule has 0 radical (unpaired) electrons. The quantitative estimate of drug-likeness (QED) is 0.547. The summed E-state index contributed by atoms with van der Waals surface area (Å²) in [5.41, 5.74) is 6.92. The molecule has 3 N–H and O–H groups in total. The summed E-state index contributed by atoms with van der Waals surface area (Å²) >= 11 is 0. The van der Waals surface area contributed by atoms with Gasteiger partial charge in [0.2, 0.25) is 0 Å². The Hall–Kier alpha value is -0.870. The third-order valence-electron chi connectivity index (χ3n) is 1.96. The van der Waals surface area contributed by atoms with Gasteiger partial charge in [-0.2, -0.15) is 0 Å². The molecular formula is C8H10NO4P. The van der Waals surface area contributed by atoms with Crippen LogP contribution >= 0.6 is 7.82 Å². The fourth-order valence-corrected chi connectivity index (χ4v) is 2.14. The van der Waals surface area contributed by atoms with E-state index in [-0.39, 0.29) is 6.61 Å². The molecule has 2 unspecified atom stereocenters. The molecule has 2 rings (SSSR count). The van der Waals surface area contributed by atoms with E-state index in [1.165, 1.54) is 0 Å². The lowest BCUT2D eigenvalue weighted by Gasteiger charge is -2.07. The highest BCUT2D eigenvalue weighted by atomic mass is 31.2. The molecule has 1 saturated heterocycles. The van der Waals surface area contributed by atoms with E-state index in [0.717, 1.165) is 5.56 Å². The lowest BCUT2D eigenvalue weighted by molar-refractivity contribution is 0.218. The van der Waals surface area contributed by atoms with Gasteiger partial charge < -0.3 is 10.6 Å². The number of benzene rings is 1. The first-order chi connectivity index (χ1) is 6.57. The molecule has 0 saturated carbocycles. The first-order valence-corrected chi connectivity index (χ1v) is 5.57. The Labute approximate surface area is 81.1 Å². The molecule has 76 valence electrons. The molecule has 1 aromatic rings. The highest BCUT2D eigenvalue weighted by molar-refractivity contribution is 7.47. The van der Waals surface area contributed by atoms with Crippen LogP contribution in [0.3, 0.4) is 0 Å². The molecular weight excluding hydrogens is 205 g/mol. The number of anilines is 1. The minimum absolute atomic E-state index is 0.0949. The van der Waals surface area contributed by atoms with Gasteiger partial charge in [0.1, 0.15) is 6.10 Å². The lowest BCUT2D eigenvalue weighted by Crippen LogP contribution is -1.99. The maximum atomic E-state index is 11.0. The summed E-state index contributed by atoms with van der Waals surface area (Å²) in [7, 11) is -3.81. The number of phosphoric acid groups is 1. The van der Waals surface area contributed by atoms with Crippen molar-refractivity contribution >= 4 is 13.5 Å². The maximum absolute atomic E-state index is 11.0. The summed E-state index contributed by atoms with van der Waals surface area (Å²) in [6.45, 7) is 0.0949. The Morgan fingerprint density at radius 1 is 1.43 bits per heavy atom. The van der Waals surface area contributed by atoms with Crippen LogP contribution in [0.1, 0.15) is 11.7 Å². The molecule has 5 nitrogen and oxygen atoms in total. The number of rotatable bonds is 1. The zero-order chi connectivity index (χ0) is 10.2. The standard InChI is InChI=1S/C8H10NO4P/c9-7-3-1-6(2-4-7)8-5-12-14(10,11)13-8/h1-4,8H,5,9H2,(H,10,11). The van der Waals surface area contributed by atoms with E-state index in [0.29, 0.717) is 5.69 Å². The van der Waals surface area contributed by atoms with Gasteiger partial charge in [-0.3, -0.25) is 9.05 Å². The molecule has 1 aromatic carbocycles. The van der Waals surface area contributed by atoms with E-state index in [2.05, 4.69) is 4.52 Å². The van der Waals surface area contributed by atoms with Gasteiger partial charge in [0, 0.05) is 5.69 Å². The summed E-state index contributed by atoms with van der Waals surface area (Å²) in [5.74, 6) is 0. The minimum atomic E-state index is -3.81. The predicted octanol–water partition coefficient (Wildman–Crippen LogP) is 1.46. The molecule has 1 heterocycles. The third kappa shape index (κ3) is 1.96. The smallest absolute Gasteiger partial charge is 0.399 e. The van der Waals surface area contributed by atoms with E-state index in [9.17, 15) is 4.57 Å². The van der Waals surface area contributed by atoms with E-state index in [1.54, 1.807) is 24.3 Å². The highest BCUT2D eigenvalue weighted by Gasteiger charge is 2.35. The summed E-state index contributed by atoms with van der Waals surface area (Å²) in [5, 5.41) is 0. The van der Waals surface area contributed by atoms with Crippen molar-refractivity contribution < 1.29 is 18.5 Å². The number of hydrogen-bond donors (Lipinski definition) is 2. The Morgan fingerprint density at radius 2 is 2.07 bits per heavy atom. The average molecular weight is 215 g/mol. The Balaban J connectivity index is 2.18. The largest absolute Gasteiger partial charge is 0.472 e. The van der Waals surface area contributed by atoms with E-state index < -0.39 is 13.9 Å².